The molecule has 1 aromatic carbocycles. The molecule has 0 fully saturated rings. The van der Waals surface area contributed by atoms with Gasteiger partial charge in [0, 0.05) is 10.6 Å². The first-order valence-electron chi connectivity index (χ1n) is 6.25. The number of carbonyl (C=O) groups is 2. The molecule has 21 heavy (non-hydrogen) atoms. The average molecular weight is 321 g/mol. The topological polar surface area (TPSA) is 55.4 Å². The van der Waals surface area contributed by atoms with Gasteiger partial charge in [-0.3, -0.25) is 4.79 Å². The van der Waals surface area contributed by atoms with E-state index < -0.39 is 5.97 Å². The second-order valence-electron chi connectivity index (χ2n) is 4.29. The Morgan fingerprint density at radius 1 is 1.33 bits per heavy atom. The molecule has 1 N–H and O–H groups in total. The van der Waals surface area contributed by atoms with Crippen molar-refractivity contribution >= 4 is 40.7 Å². The van der Waals surface area contributed by atoms with Crippen molar-refractivity contribution in [1.82, 2.24) is 0 Å². The van der Waals surface area contributed by atoms with Crippen LogP contribution in [0.25, 0.3) is 0 Å². The van der Waals surface area contributed by atoms with E-state index in [4.69, 9.17) is 4.74 Å². The van der Waals surface area contributed by atoms with Gasteiger partial charge in [-0.05, 0) is 48.4 Å². The summed E-state index contributed by atoms with van der Waals surface area (Å²) < 4.78 is 5.01. The predicted molar refractivity (Wildman–Crippen MR) is 86.2 cm³/mol. The molecule has 1 amide bonds. The summed E-state index contributed by atoms with van der Waals surface area (Å²) in [6.45, 7) is 1.54. The second kappa shape index (κ2) is 7.28. The van der Waals surface area contributed by atoms with Crippen molar-refractivity contribution in [1.29, 1.82) is 0 Å². The molecule has 110 valence electrons. The van der Waals surface area contributed by atoms with Gasteiger partial charge in [0.15, 0.2) is 6.61 Å². The Kier molecular flexibility index (Phi) is 5.41. The number of thioether (sulfide) groups is 1. The number of rotatable bonds is 5. The molecule has 0 aliphatic carbocycles. The molecule has 0 aliphatic heterocycles. The number of nitrogens with one attached hydrogen (secondary N) is 1. The highest BCUT2D eigenvalue weighted by molar-refractivity contribution is 7.98. The number of ether oxygens (including phenoxy) is 1. The fourth-order valence-electron chi connectivity index (χ4n) is 1.68. The van der Waals surface area contributed by atoms with Crippen LogP contribution in [0.15, 0.2) is 40.6 Å². The van der Waals surface area contributed by atoms with Crippen LogP contribution in [-0.2, 0) is 9.53 Å². The third-order valence-corrected chi connectivity index (χ3v) is 4.46. The van der Waals surface area contributed by atoms with Gasteiger partial charge in [0.25, 0.3) is 5.91 Å². The molecule has 0 bridgehead atoms. The molecule has 0 atom stereocenters. The van der Waals surface area contributed by atoms with Gasteiger partial charge < -0.3 is 10.1 Å². The predicted octanol–water partition coefficient (Wildman–Crippen LogP) is 3.57. The zero-order valence-electron chi connectivity index (χ0n) is 11.7. The number of hydrogen-bond acceptors (Lipinski definition) is 5. The third-order valence-electron chi connectivity index (χ3n) is 2.74. The minimum atomic E-state index is -0.462. The van der Waals surface area contributed by atoms with E-state index in [9.17, 15) is 9.59 Å². The molecule has 0 saturated heterocycles. The maximum absolute atomic E-state index is 11.8. The molecule has 1 heterocycles. The fraction of sp³-hybridized carbons (Fsp3) is 0.200. The van der Waals surface area contributed by atoms with Crippen LogP contribution in [0.5, 0.6) is 0 Å². The first-order chi connectivity index (χ1) is 10.1. The van der Waals surface area contributed by atoms with Crippen molar-refractivity contribution in [2.24, 2.45) is 0 Å². The summed E-state index contributed by atoms with van der Waals surface area (Å²) >= 11 is 2.90. The van der Waals surface area contributed by atoms with Crippen molar-refractivity contribution < 1.29 is 14.3 Å². The van der Waals surface area contributed by atoms with E-state index in [1.807, 2.05) is 42.8 Å². The monoisotopic (exact) mass is 321 g/mol. The molecule has 0 radical (unpaired) electrons. The van der Waals surface area contributed by atoms with Crippen LogP contribution in [0, 0.1) is 6.92 Å². The lowest BCUT2D eigenvalue weighted by molar-refractivity contribution is -0.119. The number of thiophene rings is 1. The number of anilines is 1. The summed E-state index contributed by atoms with van der Waals surface area (Å²) in [7, 11) is 0. The highest BCUT2D eigenvalue weighted by atomic mass is 32.2. The summed E-state index contributed by atoms with van der Waals surface area (Å²) in [5, 5.41) is 4.53. The minimum absolute atomic E-state index is 0.292. The number of esters is 1. The van der Waals surface area contributed by atoms with Crippen molar-refractivity contribution in [3.8, 4) is 0 Å². The Morgan fingerprint density at radius 2 is 2.14 bits per heavy atom. The van der Waals surface area contributed by atoms with Crippen LogP contribution in [0.2, 0.25) is 0 Å². The van der Waals surface area contributed by atoms with Gasteiger partial charge in [-0.25, -0.2) is 4.79 Å². The molecule has 4 nitrogen and oxygen atoms in total. The Balaban J connectivity index is 1.87. The van der Waals surface area contributed by atoms with E-state index in [1.165, 1.54) is 11.3 Å². The summed E-state index contributed by atoms with van der Waals surface area (Å²) in [6, 6.07) is 9.33. The summed E-state index contributed by atoms with van der Waals surface area (Å²) in [5.74, 6) is -0.814. The van der Waals surface area contributed by atoms with E-state index in [1.54, 1.807) is 17.8 Å². The molecule has 6 heteroatoms. The molecule has 2 rings (SSSR count). The van der Waals surface area contributed by atoms with E-state index >= 15 is 0 Å². The van der Waals surface area contributed by atoms with Gasteiger partial charge in [0.05, 0.1) is 0 Å². The highest BCUT2D eigenvalue weighted by Crippen LogP contribution is 2.19. The smallest absolute Gasteiger partial charge is 0.349 e. The Labute approximate surface area is 131 Å². The van der Waals surface area contributed by atoms with Gasteiger partial charge in [-0.15, -0.1) is 23.1 Å². The maximum atomic E-state index is 11.8. The normalized spacial score (nSPS) is 10.2. The Bertz CT molecular complexity index is 652. The van der Waals surface area contributed by atoms with E-state index in [-0.39, 0.29) is 12.5 Å². The van der Waals surface area contributed by atoms with E-state index in [0.717, 1.165) is 10.5 Å². The minimum Gasteiger partial charge on any atom is -0.451 e. The standard InChI is InChI=1S/C15H15NO3S2/c1-10-6-7-21-14(10)15(18)19-9-13(17)16-11-4-3-5-12(8-11)20-2/h3-8H,9H2,1-2H3,(H,16,17). The van der Waals surface area contributed by atoms with E-state index in [2.05, 4.69) is 5.32 Å². The van der Waals surface area contributed by atoms with Gasteiger partial charge in [-0.2, -0.15) is 0 Å². The zero-order chi connectivity index (χ0) is 15.2. The Morgan fingerprint density at radius 3 is 2.81 bits per heavy atom. The summed E-state index contributed by atoms with van der Waals surface area (Å²) in [5.41, 5.74) is 1.55. The lowest BCUT2D eigenvalue weighted by Crippen LogP contribution is -2.20. The Hall–Kier alpha value is -1.79. The first kappa shape index (κ1) is 15.6. The molecule has 0 aliphatic rings. The van der Waals surface area contributed by atoms with Crippen LogP contribution in [0.3, 0.4) is 0 Å². The van der Waals surface area contributed by atoms with Crippen molar-refractivity contribution in [2.75, 3.05) is 18.2 Å². The SMILES string of the molecule is CSc1cccc(NC(=O)COC(=O)c2sccc2C)c1. The molecule has 0 saturated carbocycles. The lowest BCUT2D eigenvalue weighted by atomic mass is 10.3. The number of hydrogen-bond donors (Lipinski definition) is 1. The first-order valence-corrected chi connectivity index (χ1v) is 8.35. The largest absolute Gasteiger partial charge is 0.451 e. The molecular formula is C15H15NO3S2. The van der Waals surface area contributed by atoms with Crippen LogP contribution in [-0.4, -0.2) is 24.7 Å². The van der Waals surface area contributed by atoms with Crippen LogP contribution in [0.1, 0.15) is 15.2 Å². The quantitative estimate of drug-likeness (QED) is 0.675. The summed E-state index contributed by atoms with van der Waals surface area (Å²) in [6.07, 6.45) is 1.96. The van der Waals surface area contributed by atoms with Crippen molar-refractivity contribution in [3.63, 3.8) is 0 Å². The van der Waals surface area contributed by atoms with Gasteiger partial charge in [0.2, 0.25) is 0 Å². The van der Waals surface area contributed by atoms with Gasteiger partial charge >= 0.3 is 5.97 Å². The zero-order valence-corrected chi connectivity index (χ0v) is 13.3. The van der Waals surface area contributed by atoms with E-state index in [0.29, 0.717) is 10.6 Å². The molecular weight excluding hydrogens is 306 g/mol. The number of benzene rings is 1. The number of carbonyl (C=O) groups excluding carboxylic acids is 2. The van der Waals surface area contributed by atoms with Gasteiger partial charge in [0.1, 0.15) is 4.88 Å². The van der Waals surface area contributed by atoms with Crippen LogP contribution in [0.4, 0.5) is 5.69 Å². The fourth-order valence-corrected chi connectivity index (χ4v) is 2.95. The van der Waals surface area contributed by atoms with Gasteiger partial charge in [-0.1, -0.05) is 6.07 Å². The molecule has 0 spiro atoms. The number of aryl methyl sites for hydroxylation is 1. The maximum Gasteiger partial charge on any atom is 0.349 e. The second-order valence-corrected chi connectivity index (χ2v) is 6.08. The number of amides is 1. The van der Waals surface area contributed by atoms with Crippen LogP contribution < -0.4 is 5.32 Å². The molecule has 0 unspecified atom stereocenters. The summed E-state index contributed by atoms with van der Waals surface area (Å²) in [4.78, 5) is 25.2. The third kappa shape index (κ3) is 4.34. The molecule has 1 aromatic heterocycles. The average Bonchev–Trinajstić information content (AvgIpc) is 2.91. The van der Waals surface area contributed by atoms with Crippen molar-refractivity contribution in [3.05, 3.63) is 46.2 Å². The highest BCUT2D eigenvalue weighted by Gasteiger charge is 2.13. The lowest BCUT2D eigenvalue weighted by Gasteiger charge is -2.07. The van der Waals surface area contributed by atoms with Crippen molar-refractivity contribution in [2.45, 2.75) is 11.8 Å². The molecule has 2 aromatic rings. The van der Waals surface area contributed by atoms with Crippen LogP contribution >= 0.6 is 23.1 Å².